The standard InChI is InChI=1S/C15H13ClN2O2/c1-8-13(10-4-2-3-5-12(10)20-8)14(19)11-6-9(16)7-18-15(11)17/h2-7,14,19H,1H3,(H2,17,18). The number of hydrogen-bond acceptors (Lipinski definition) is 4. The summed E-state index contributed by atoms with van der Waals surface area (Å²) in [7, 11) is 0. The van der Waals surface area contributed by atoms with E-state index in [1.165, 1.54) is 6.20 Å². The zero-order chi connectivity index (χ0) is 14.3. The Bertz CT molecular complexity index is 783. The molecule has 1 unspecified atom stereocenters. The van der Waals surface area contributed by atoms with Crippen molar-refractivity contribution >= 4 is 28.4 Å². The summed E-state index contributed by atoms with van der Waals surface area (Å²) in [4.78, 5) is 3.97. The number of anilines is 1. The molecule has 1 aromatic carbocycles. The smallest absolute Gasteiger partial charge is 0.134 e. The molecule has 0 radical (unpaired) electrons. The van der Waals surface area contributed by atoms with Crippen LogP contribution in [0, 0.1) is 6.92 Å². The van der Waals surface area contributed by atoms with Crippen LogP contribution in [0.25, 0.3) is 11.0 Å². The molecule has 2 heterocycles. The Morgan fingerprint density at radius 3 is 2.90 bits per heavy atom. The Balaban J connectivity index is 2.20. The van der Waals surface area contributed by atoms with E-state index in [1.807, 2.05) is 31.2 Å². The molecule has 1 atom stereocenters. The number of nitrogens with two attached hydrogens (primary N) is 1. The molecule has 4 nitrogen and oxygen atoms in total. The first-order valence-corrected chi connectivity index (χ1v) is 6.52. The molecule has 0 aliphatic rings. The van der Waals surface area contributed by atoms with Gasteiger partial charge in [0.25, 0.3) is 0 Å². The second-order valence-electron chi connectivity index (χ2n) is 4.60. The van der Waals surface area contributed by atoms with Crippen molar-refractivity contribution in [3.63, 3.8) is 0 Å². The number of aliphatic hydroxyl groups is 1. The maximum atomic E-state index is 10.6. The number of fused-ring (bicyclic) bond motifs is 1. The van der Waals surface area contributed by atoms with Crippen molar-refractivity contribution in [3.8, 4) is 0 Å². The van der Waals surface area contributed by atoms with Gasteiger partial charge in [0.1, 0.15) is 23.3 Å². The van der Waals surface area contributed by atoms with E-state index in [9.17, 15) is 5.11 Å². The Hall–Kier alpha value is -2.04. The third-order valence-electron chi connectivity index (χ3n) is 3.30. The predicted molar refractivity (Wildman–Crippen MR) is 78.7 cm³/mol. The Labute approximate surface area is 120 Å². The fraction of sp³-hybridized carbons (Fsp3) is 0.133. The molecule has 0 saturated carbocycles. The largest absolute Gasteiger partial charge is 0.461 e. The fourth-order valence-electron chi connectivity index (χ4n) is 2.37. The summed E-state index contributed by atoms with van der Waals surface area (Å²) in [6.07, 6.45) is 0.526. The minimum atomic E-state index is -0.926. The highest BCUT2D eigenvalue weighted by Crippen LogP contribution is 2.35. The van der Waals surface area contributed by atoms with E-state index >= 15 is 0 Å². The summed E-state index contributed by atoms with van der Waals surface area (Å²) in [5, 5.41) is 11.9. The molecule has 3 N–H and O–H groups in total. The lowest BCUT2D eigenvalue weighted by atomic mass is 9.99. The summed E-state index contributed by atoms with van der Waals surface area (Å²) in [6.45, 7) is 1.81. The van der Waals surface area contributed by atoms with Crippen LogP contribution in [-0.4, -0.2) is 10.1 Å². The maximum Gasteiger partial charge on any atom is 0.134 e. The summed E-state index contributed by atoms with van der Waals surface area (Å²) < 4.78 is 5.66. The molecule has 0 bridgehead atoms. The van der Waals surface area contributed by atoms with Crippen LogP contribution in [0.5, 0.6) is 0 Å². The van der Waals surface area contributed by atoms with Gasteiger partial charge in [0, 0.05) is 22.7 Å². The molecule has 3 aromatic rings. The van der Waals surface area contributed by atoms with E-state index in [4.69, 9.17) is 21.8 Å². The molecule has 2 aromatic heterocycles. The number of para-hydroxylation sites is 1. The van der Waals surface area contributed by atoms with Crippen molar-refractivity contribution in [1.82, 2.24) is 4.98 Å². The van der Waals surface area contributed by atoms with Gasteiger partial charge in [0.05, 0.1) is 5.02 Å². The summed E-state index contributed by atoms with van der Waals surface area (Å²) >= 11 is 5.93. The van der Waals surface area contributed by atoms with Gasteiger partial charge in [0.15, 0.2) is 0 Å². The molecule has 20 heavy (non-hydrogen) atoms. The molecule has 0 aliphatic carbocycles. The second kappa shape index (κ2) is 4.81. The number of pyridine rings is 1. The summed E-state index contributed by atoms with van der Waals surface area (Å²) in [5.74, 6) is 0.907. The quantitative estimate of drug-likeness (QED) is 0.757. The maximum absolute atomic E-state index is 10.6. The number of nitrogens with zero attached hydrogens (tertiary/aromatic N) is 1. The average Bonchev–Trinajstić information content (AvgIpc) is 2.76. The van der Waals surface area contributed by atoms with E-state index in [1.54, 1.807) is 6.07 Å². The molecule has 5 heteroatoms. The molecule has 102 valence electrons. The first-order chi connectivity index (χ1) is 9.58. The Kier molecular flexibility index (Phi) is 3.12. The molecule has 0 saturated heterocycles. The zero-order valence-electron chi connectivity index (χ0n) is 10.8. The highest BCUT2D eigenvalue weighted by molar-refractivity contribution is 6.30. The zero-order valence-corrected chi connectivity index (χ0v) is 11.6. The van der Waals surface area contributed by atoms with Crippen molar-refractivity contribution in [3.05, 3.63) is 58.4 Å². The van der Waals surface area contributed by atoms with Crippen LogP contribution in [0.3, 0.4) is 0 Å². The van der Waals surface area contributed by atoms with E-state index in [0.29, 0.717) is 21.9 Å². The summed E-state index contributed by atoms with van der Waals surface area (Å²) in [5.41, 5.74) is 7.73. The van der Waals surface area contributed by atoms with Crippen molar-refractivity contribution in [2.45, 2.75) is 13.0 Å². The van der Waals surface area contributed by atoms with Crippen LogP contribution >= 0.6 is 11.6 Å². The second-order valence-corrected chi connectivity index (χ2v) is 5.04. The van der Waals surface area contributed by atoms with Crippen LogP contribution < -0.4 is 5.73 Å². The van der Waals surface area contributed by atoms with E-state index in [2.05, 4.69) is 4.98 Å². The minimum Gasteiger partial charge on any atom is -0.461 e. The third kappa shape index (κ3) is 2.03. The van der Waals surface area contributed by atoms with Gasteiger partial charge in [-0.1, -0.05) is 29.8 Å². The van der Waals surface area contributed by atoms with Gasteiger partial charge >= 0.3 is 0 Å². The highest BCUT2D eigenvalue weighted by Gasteiger charge is 2.22. The van der Waals surface area contributed by atoms with Crippen molar-refractivity contribution in [2.24, 2.45) is 0 Å². The monoisotopic (exact) mass is 288 g/mol. The lowest BCUT2D eigenvalue weighted by molar-refractivity contribution is 0.219. The number of hydrogen-bond donors (Lipinski definition) is 2. The molecular formula is C15H13ClN2O2. The fourth-order valence-corrected chi connectivity index (χ4v) is 2.53. The molecule has 0 fully saturated rings. The average molecular weight is 289 g/mol. The van der Waals surface area contributed by atoms with Gasteiger partial charge < -0.3 is 15.3 Å². The molecule has 0 spiro atoms. The van der Waals surface area contributed by atoms with Crippen molar-refractivity contribution in [1.29, 1.82) is 0 Å². The van der Waals surface area contributed by atoms with Gasteiger partial charge in [0.2, 0.25) is 0 Å². The van der Waals surface area contributed by atoms with Crippen molar-refractivity contribution in [2.75, 3.05) is 5.73 Å². The van der Waals surface area contributed by atoms with Crippen molar-refractivity contribution < 1.29 is 9.52 Å². The first kappa shape index (κ1) is 13.0. The van der Waals surface area contributed by atoms with Gasteiger partial charge in [-0.25, -0.2) is 4.98 Å². The molecular weight excluding hydrogens is 276 g/mol. The number of nitrogen functional groups attached to an aromatic ring is 1. The molecule has 0 amide bonds. The van der Waals surface area contributed by atoms with Crippen LogP contribution in [0.2, 0.25) is 5.02 Å². The lowest BCUT2D eigenvalue weighted by Crippen LogP contribution is -2.06. The van der Waals surface area contributed by atoms with Gasteiger partial charge in [-0.3, -0.25) is 0 Å². The number of benzene rings is 1. The van der Waals surface area contributed by atoms with E-state index in [0.717, 1.165) is 11.0 Å². The highest BCUT2D eigenvalue weighted by atomic mass is 35.5. The predicted octanol–water partition coefficient (Wildman–Crippen LogP) is 3.45. The van der Waals surface area contributed by atoms with Crippen LogP contribution in [-0.2, 0) is 0 Å². The van der Waals surface area contributed by atoms with Gasteiger partial charge in [-0.05, 0) is 19.1 Å². The van der Waals surface area contributed by atoms with Crippen LogP contribution in [0.15, 0.2) is 40.9 Å². The number of furan rings is 1. The lowest BCUT2D eigenvalue weighted by Gasteiger charge is -2.13. The van der Waals surface area contributed by atoms with Crippen LogP contribution in [0.1, 0.15) is 23.0 Å². The number of halogens is 1. The SMILES string of the molecule is Cc1oc2ccccc2c1C(O)c1cc(Cl)cnc1N. The Morgan fingerprint density at radius 2 is 2.10 bits per heavy atom. The summed E-state index contributed by atoms with van der Waals surface area (Å²) in [6, 6.07) is 9.16. The van der Waals surface area contributed by atoms with Gasteiger partial charge in [-0.2, -0.15) is 0 Å². The topological polar surface area (TPSA) is 72.3 Å². The van der Waals surface area contributed by atoms with Gasteiger partial charge in [-0.15, -0.1) is 0 Å². The molecule has 0 aliphatic heterocycles. The third-order valence-corrected chi connectivity index (χ3v) is 3.51. The van der Waals surface area contributed by atoms with E-state index in [-0.39, 0.29) is 5.82 Å². The number of aryl methyl sites for hydroxylation is 1. The normalized spacial score (nSPS) is 12.8. The van der Waals surface area contributed by atoms with Crippen LogP contribution in [0.4, 0.5) is 5.82 Å². The van der Waals surface area contributed by atoms with E-state index < -0.39 is 6.10 Å². The Morgan fingerprint density at radius 1 is 1.35 bits per heavy atom. The molecule has 3 rings (SSSR count). The number of aromatic nitrogens is 1. The number of aliphatic hydroxyl groups excluding tert-OH is 1. The number of rotatable bonds is 2. The first-order valence-electron chi connectivity index (χ1n) is 6.15. The minimum absolute atomic E-state index is 0.256.